The summed E-state index contributed by atoms with van der Waals surface area (Å²) >= 11 is 12.3. The number of likely N-dealkylation sites (N-methyl/N-ethyl adjacent to an activating group) is 1. The minimum absolute atomic E-state index is 0.111. The Morgan fingerprint density at radius 2 is 1.78 bits per heavy atom. The number of benzene rings is 2. The molecular weight excluding hydrogens is 390 g/mol. The monoisotopic (exact) mass is 410 g/mol. The Morgan fingerprint density at radius 1 is 1.11 bits per heavy atom. The molecule has 7 heteroatoms. The van der Waals surface area contributed by atoms with Crippen LogP contribution in [0.15, 0.2) is 42.5 Å². The van der Waals surface area contributed by atoms with Crippen LogP contribution in [0.1, 0.15) is 24.5 Å². The molecule has 1 unspecified atom stereocenters. The number of hydrogen-bond acceptors (Lipinski definition) is 2. The van der Waals surface area contributed by atoms with Gasteiger partial charge in [0.15, 0.2) is 0 Å². The highest BCUT2D eigenvalue weighted by Crippen LogP contribution is 2.23. The number of nitrogens with zero attached hydrogens (tertiary/aromatic N) is 1. The molecule has 0 aliphatic rings. The zero-order chi connectivity index (χ0) is 20.0. The molecule has 2 rings (SSSR count). The highest BCUT2D eigenvalue weighted by Gasteiger charge is 2.29. The molecule has 0 fully saturated rings. The molecule has 2 aromatic rings. The molecule has 0 spiro atoms. The van der Waals surface area contributed by atoms with Crippen LogP contribution in [-0.4, -0.2) is 29.8 Å². The van der Waals surface area contributed by atoms with E-state index in [1.807, 2.05) is 6.92 Å². The van der Waals surface area contributed by atoms with Crippen LogP contribution in [0, 0.1) is 5.82 Å². The van der Waals surface area contributed by atoms with Crippen molar-refractivity contribution in [3.8, 4) is 0 Å². The van der Waals surface area contributed by atoms with Gasteiger partial charge in [0.2, 0.25) is 11.8 Å². The van der Waals surface area contributed by atoms with Gasteiger partial charge >= 0.3 is 0 Å². The van der Waals surface area contributed by atoms with Crippen LogP contribution in [0.5, 0.6) is 0 Å². The minimum Gasteiger partial charge on any atom is -0.357 e. The number of hydrogen-bond donors (Lipinski definition) is 1. The average Bonchev–Trinajstić information content (AvgIpc) is 2.65. The molecule has 0 saturated carbocycles. The molecule has 0 saturated heterocycles. The number of halogens is 3. The molecular formula is C20H21Cl2FN2O2. The first kappa shape index (κ1) is 21.2. The molecule has 1 N–H and O–H groups in total. The van der Waals surface area contributed by atoms with E-state index in [2.05, 4.69) is 5.32 Å². The summed E-state index contributed by atoms with van der Waals surface area (Å²) in [5.41, 5.74) is 0.814. The lowest BCUT2D eigenvalue weighted by Crippen LogP contribution is -2.48. The smallest absolute Gasteiger partial charge is 0.242 e. The first-order chi connectivity index (χ1) is 12.9. The van der Waals surface area contributed by atoms with Crippen LogP contribution < -0.4 is 5.32 Å². The molecule has 2 aromatic carbocycles. The zero-order valence-electron chi connectivity index (χ0n) is 15.1. The molecule has 0 bridgehead atoms. The lowest BCUT2D eigenvalue weighted by atomic mass is 10.1. The van der Waals surface area contributed by atoms with E-state index in [9.17, 15) is 14.0 Å². The van der Waals surface area contributed by atoms with Gasteiger partial charge in [-0.2, -0.15) is 0 Å². The average molecular weight is 411 g/mol. The van der Waals surface area contributed by atoms with E-state index in [4.69, 9.17) is 23.2 Å². The maximum atomic E-state index is 14.1. The Hall–Kier alpha value is -2.11. The SMILES string of the molecule is CCC(C(=O)NC)N(Cc1ccccc1Cl)C(=O)Cc1c(F)cccc1Cl. The fourth-order valence-corrected chi connectivity index (χ4v) is 3.28. The summed E-state index contributed by atoms with van der Waals surface area (Å²) in [5.74, 6) is -1.25. The summed E-state index contributed by atoms with van der Waals surface area (Å²) in [6, 6.07) is 10.6. The van der Waals surface area contributed by atoms with Crippen molar-refractivity contribution < 1.29 is 14.0 Å². The van der Waals surface area contributed by atoms with Gasteiger partial charge in [-0.1, -0.05) is 54.4 Å². The maximum absolute atomic E-state index is 14.1. The van der Waals surface area contributed by atoms with Gasteiger partial charge in [-0.3, -0.25) is 9.59 Å². The van der Waals surface area contributed by atoms with Crippen LogP contribution in [0.2, 0.25) is 10.0 Å². The first-order valence-corrected chi connectivity index (χ1v) is 9.32. The summed E-state index contributed by atoms with van der Waals surface area (Å²) in [7, 11) is 1.51. The molecule has 27 heavy (non-hydrogen) atoms. The van der Waals surface area contributed by atoms with Crippen molar-refractivity contribution in [2.24, 2.45) is 0 Å². The largest absolute Gasteiger partial charge is 0.357 e. The first-order valence-electron chi connectivity index (χ1n) is 8.56. The zero-order valence-corrected chi connectivity index (χ0v) is 16.6. The van der Waals surface area contributed by atoms with Gasteiger partial charge in [0.25, 0.3) is 0 Å². The Labute approximate surface area is 168 Å². The fourth-order valence-electron chi connectivity index (χ4n) is 2.85. The molecule has 2 amide bonds. The van der Waals surface area contributed by atoms with E-state index in [1.165, 1.54) is 30.1 Å². The third-order valence-corrected chi connectivity index (χ3v) is 5.04. The van der Waals surface area contributed by atoms with Crippen LogP contribution in [0.4, 0.5) is 4.39 Å². The quantitative estimate of drug-likeness (QED) is 0.742. The summed E-state index contributed by atoms with van der Waals surface area (Å²) < 4.78 is 14.1. The van der Waals surface area contributed by atoms with Crippen molar-refractivity contribution in [2.75, 3.05) is 7.05 Å². The van der Waals surface area contributed by atoms with E-state index in [0.29, 0.717) is 17.0 Å². The Kier molecular flexibility index (Phi) is 7.63. The summed E-state index contributed by atoms with van der Waals surface area (Å²) in [6.45, 7) is 1.94. The van der Waals surface area contributed by atoms with Gasteiger partial charge in [-0.05, 0) is 30.2 Å². The van der Waals surface area contributed by atoms with Crippen LogP contribution in [-0.2, 0) is 22.6 Å². The lowest BCUT2D eigenvalue weighted by molar-refractivity contribution is -0.140. The van der Waals surface area contributed by atoms with Gasteiger partial charge in [0.05, 0.1) is 6.42 Å². The second kappa shape index (κ2) is 9.72. The van der Waals surface area contributed by atoms with E-state index < -0.39 is 17.8 Å². The maximum Gasteiger partial charge on any atom is 0.242 e. The third kappa shape index (κ3) is 5.21. The number of carbonyl (C=O) groups excluding carboxylic acids is 2. The van der Waals surface area contributed by atoms with Crippen molar-refractivity contribution in [3.63, 3.8) is 0 Å². The van der Waals surface area contributed by atoms with Crippen molar-refractivity contribution in [2.45, 2.75) is 32.4 Å². The summed E-state index contributed by atoms with van der Waals surface area (Å²) in [4.78, 5) is 26.8. The van der Waals surface area contributed by atoms with Gasteiger partial charge in [-0.25, -0.2) is 4.39 Å². The number of amides is 2. The van der Waals surface area contributed by atoms with Gasteiger partial charge < -0.3 is 10.2 Å². The Balaban J connectivity index is 2.37. The predicted molar refractivity (Wildman–Crippen MR) is 105 cm³/mol. The van der Waals surface area contributed by atoms with Crippen LogP contribution in [0.3, 0.4) is 0 Å². The second-order valence-electron chi connectivity index (χ2n) is 6.03. The predicted octanol–water partition coefficient (Wildman–Crippen LogP) is 4.23. The molecule has 0 aliphatic heterocycles. The number of carbonyl (C=O) groups is 2. The molecule has 0 heterocycles. The van der Waals surface area contributed by atoms with Gasteiger partial charge in [0, 0.05) is 29.2 Å². The third-order valence-electron chi connectivity index (χ3n) is 4.32. The van der Waals surface area contributed by atoms with Crippen LogP contribution in [0.25, 0.3) is 0 Å². The highest BCUT2D eigenvalue weighted by molar-refractivity contribution is 6.31. The molecule has 4 nitrogen and oxygen atoms in total. The second-order valence-corrected chi connectivity index (χ2v) is 6.84. The number of rotatable bonds is 7. The highest BCUT2D eigenvalue weighted by atomic mass is 35.5. The van der Waals surface area contributed by atoms with E-state index in [-0.39, 0.29) is 29.5 Å². The van der Waals surface area contributed by atoms with Gasteiger partial charge in [0.1, 0.15) is 11.9 Å². The fraction of sp³-hybridized carbons (Fsp3) is 0.300. The lowest BCUT2D eigenvalue weighted by Gasteiger charge is -2.30. The normalized spacial score (nSPS) is 11.7. The molecule has 0 aromatic heterocycles. The van der Waals surface area contributed by atoms with E-state index >= 15 is 0 Å². The Bertz CT molecular complexity index is 809. The van der Waals surface area contributed by atoms with Crippen molar-refractivity contribution in [1.29, 1.82) is 0 Å². The number of nitrogens with one attached hydrogen (secondary N) is 1. The summed E-state index contributed by atoms with van der Waals surface area (Å²) in [5, 5.41) is 3.24. The molecule has 144 valence electrons. The van der Waals surface area contributed by atoms with Crippen LogP contribution >= 0.6 is 23.2 Å². The summed E-state index contributed by atoms with van der Waals surface area (Å²) in [6.07, 6.45) is 0.157. The van der Waals surface area contributed by atoms with Crippen molar-refractivity contribution in [3.05, 3.63) is 69.5 Å². The van der Waals surface area contributed by atoms with Gasteiger partial charge in [-0.15, -0.1) is 0 Å². The molecule has 1 atom stereocenters. The van der Waals surface area contributed by atoms with E-state index in [1.54, 1.807) is 24.3 Å². The molecule has 0 radical (unpaired) electrons. The van der Waals surface area contributed by atoms with E-state index in [0.717, 1.165) is 0 Å². The van der Waals surface area contributed by atoms with Crippen molar-refractivity contribution in [1.82, 2.24) is 10.2 Å². The molecule has 0 aliphatic carbocycles. The minimum atomic E-state index is -0.704. The topological polar surface area (TPSA) is 49.4 Å². The standard InChI is InChI=1S/C20H21Cl2FN2O2/c1-3-18(20(27)24-2)25(12-13-7-4-5-8-15(13)21)19(26)11-14-16(22)9-6-10-17(14)23/h4-10,18H,3,11-12H2,1-2H3,(H,24,27). The van der Waals surface area contributed by atoms with Crippen molar-refractivity contribution >= 4 is 35.0 Å². The Morgan fingerprint density at radius 3 is 2.37 bits per heavy atom.